The van der Waals surface area contributed by atoms with Crippen molar-refractivity contribution in [1.82, 2.24) is 10.3 Å². The Bertz CT molecular complexity index is 571. The average molecular weight is 286 g/mol. The standard InChI is InChI=1S/C15H18N4O2/c1-3-4-9-15(18-19-15)10-8-13(20)16-11-12-6-5-7-14(17-12)21-2/h1,5-7H,4,8-11H2,2H3,(H,16,20). The molecule has 110 valence electrons. The maximum atomic E-state index is 11.8. The Kier molecular flexibility index (Phi) is 4.88. The van der Waals surface area contributed by atoms with Crippen LogP contribution in [0.4, 0.5) is 0 Å². The van der Waals surface area contributed by atoms with E-state index < -0.39 is 5.66 Å². The van der Waals surface area contributed by atoms with Gasteiger partial charge in [-0.3, -0.25) is 4.79 Å². The van der Waals surface area contributed by atoms with Gasteiger partial charge in [-0.15, -0.1) is 12.3 Å². The second kappa shape index (κ2) is 6.84. The lowest BCUT2D eigenvalue weighted by Gasteiger charge is -2.09. The molecular formula is C15H18N4O2. The summed E-state index contributed by atoms with van der Waals surface area (Å²) in [6.07, 6.45) is 7.55. The third kappa shape index (κ3) is 4.56. The van der Waals surface area contributed by atoms with Gasteiger partial charge in [0.25, 0.3) is 0 Å². The molecule has 0 spiro atoms. The molecule has 6 nitrogen and oxygen atoms in total. The third-order valence-electron chi connectivity index (χ3n) is 3.26. The molecule has 0 bridgehead atoms. The van der Waals surface area contributed by atoms with Crippen molar-refractivity contribution in [2.24, 2.45) is 10.2 Å². The van der Waals surface area contributed by atoms with E-state index in [0.717, 1.165) is 5.69 Å². The highest BCUT2D eigenvalue weighted by atomic mass is 16.5. The van der Waals surface area contributed by atoms with Gasteiger partial charge < -0.3 is 10.1 Å². The van der Waals surface area contributed by atoms with E-state index in [1.54, 1.807) is 13.2 Å². The number of carbonyl (C=O) groups excluding carboxylic acids is 1. The zero-order valence-electron chi connectivity index (χ0n) is 12.0. The zero-order valence-corrected chi connectivity index (χ0v) is 12.0. The van der Waals surface area contributed by atoms with E-state index >= 15 is 0 Å². The molecule has 1 aromatic heterocycles. The number of hydrogen-bond donors (Lipinski definition) is 1. The Labute approximate surface area is 124 Å². The molecule has 1 N–H and O–H groups in total. The molecule has 21 heavy (non-hydrogen) atoms. The molecule has 0 radical (unpaired) electrons. The first-order chi connectivity index (χ1) is 10.2. The minimum absolute atomic E-state index is 0.0444. The molecule has 1 aliphatic rings. The van der Waals surface area contributed by atoms with Crippen LogP contribution in [0.2, 0.25) is 0 Å². The molecule has 0 aromatic carbocycles. The monoisotopic (exact) mass is 286 g/mol. The van der Waals surface area contributed by atoms with Crippen molar-refractivity contribution >= 4 is 5.91 Å². The molecule has 1 aliphatic heterocycles. The van der Waals surface area contributed by atoms with Gasteiger partial charge in [0.1, 0.15) is 0 Å². The molecule has 2 rings (SSSR count). The van der Waals surface area contributed by atoms with E-state index in [9.17, 15) is 4.79 Å². The minimum Gasteiger partial charge on any atom is -0.481 e. The lowest BCUT2D eigenvalue weighted by Crippen LogP contribution is -2.25. The van der Waals surface area contributed by atoms with E-state index in [4.69, 9.17) is 11.2 Å². The summed E-state index contributed by atoms with van der Waals surface area (Å²) < 4.78 is 5.03. The van der Waals surface area contributed by atoms with E-state index in [-0.39, 0.29) is 5.91 Å². The summed E-state index contributed by atoms with van der Waals surface area (Å²) in [5, 5.41) is 10.8. The van der Waals surface area contributed by atoms with Crippen LogP contribution in [-0.4, -0.2) is 23.7 Å². The second-order valence-corrected chi connectivity index (χ2v) is 4.83. The topological polar surface area (TPSA) is 75.9 Å². The first-order valence-electron chi connectivity index (χ1n) is 6.81. The first kappa shape index (κ1) is 15.0. The van der Waals surface area contributed by atoms with Gasteiger partial charge in [-0.25, -0.2) is 4.98 Å². The normalized spacial score (nSPS) is 14.3. The lowest BCUT2D eigenvalue weighted by atomic mass is 10.0. The van der Waals surface area contributed by atoms with Crippen LogP contribution in [0.1, 0.15) is 31.4 Å². The Hall–Kier alpha value is -2.42. The molecule has 0 atom stereocenters. The Morgan fingerprint density at radius 1 is 1.43 bits per heavy atom. The van der Waals surface area contributed by atoms with Crippen LogP contribution in [0.5, 0.6) is 5.88 Å². The predicted octanol–water partition coefficient (Wildman–Crippen LogP) is 2.06. The molecule has 0 unspecified atom stereocenters. The summed E-state index contributed by atoms with van der Waals surface area (Å²) in [5.74, 6) is 3.06. The molecule has 0 saturated carbocycles. The fraction of sp³-hybridized carbons (Fsp3) is 0.467. The van der Waals surface area contributed by atoms with Crippen LogP contribution >= 0.6 is 0 Å². The van der Waals surface area contributed by atoms with Gasteiger partial charge in [0.2, 0.25) is 11.8 Å². The number of terminal acetylenes is 1. The molecule has 0 aliphatic carbocycles. The van der Waals surface area contributed by atoms with Crippen molar-refractivity contribution in [3.63, 3.8) is 0 Å². The number of ether oxygens (including phenoxy) is 1. The van der Waals surface area contributed by atoms with Crippen molar-refractivity contribution in [2.75, 3.05) is 7.11 Å². The van der Waals surface area contributed by atoms with Gasteiger partial charge >= 0.3 is 0 Å². The number of carbonyl (C=O) groups is 1. The number of nitrogens with one attached hydrogen (secondary N) is 1. The highest BCUT2D eigenvalue weighted by Gasteiger charge is 2.39. The zero-order chi connectivity index (χ0) is 15.1. The van der Waals surface area contributed by atoms with Crippen molar-refractivity contribution in [3.8, 4) is 18.2 Å². The summed E-state index contributed by atoms with van der Waals surface area (Å²) in [4.78, 5) is 16.1. The molecule has 6 heteroatoms. The number of pyridine rings is 1. The predicted molar refractivity (Wildman–Crippen MR) is 77.5 cm³/mol. The Morgan fingerprint density at radius 2 is 2.24 bits per heavy atom. The van der Waals surface area contributed by atoms with Crippen molar-refractivity contribution in [3.05, 3.63) is 23.9 Å². The highest BCUT2D eigenvalue weighted by molar-refractivity contribution is 5.75. The summed E-state index contributed by atoms with van der Waals surface area (Å²) in [7, 11) is 1.56. The van der Waals surface area contributed by atoms with Crippen molar-refractivity contribution in [2.45, 2.75) is 37.9 Å². The summed E-state index contributed by atoms with van der Waals surface area (Å²) >= 11 is 0. The number of methoxy groups -OCH3 is 1. The van der Waals surface area contributed by atoms with Gasteiger partial charge in [0, 0.05) is 31.7 Å². The summed E-state index contributed by atoms with van der Waals surface area (Å²) in [6, 6.07) is 5.43. The van der Waals surface area contributed by atoms with Crippen LogP contribution in [0.25, 0.3) is 0 Å². The maximum absolute atomic E-state index is 11.8. The number of rotatable bonds is 8. The molecule has 0 saturated heterocycles. The highest BCUT2D eigenvalue weighted by Crippen LogP contribution is 2.37. The Morgan fingerprint density at radius 3 is 2.90 bits per heavy atom. The molecule has 1 aromatic rings. The number of amides is 1. The van der Waals surface area contributed by atoms with Crippen LogP contribution in [0.15, 0.2) is 28.4 Å². The average Bonchev–Trinajstić information content (AvgIpc) is 3.29. The number of hydrogen-bond acceptors (Lipinski definition) is 5. The summed E-state index contributed by atoms with van der Waals surface area (Å²) in [5.41, 5.74) is 0.350. The van der Waals surface area contributed by atoms with Gasteiger partial charge in [-0.05, 0) is 6.07 Å². The fourth-order valence-corrected chi connectivity index (χ4v) is 1.93. The largest absolute Gasteiger partial charge is 0.481 e. The van der Waals surface area contributed by atoms with Gasteiger partial charge in [-0.1, -0.05) is 6.07 Å². The van der Waals surface area contributed by atoms with Gasteiger partial charge in [0.15, 0.2) is 5.66 Å². The number of aromatic nitrogens is 1. The second-order valence-electron chi connectivity index (χ2n) is 4.83. The Balaban J connectivity index is 1.71. The van der Waals surface area contributed by atoms with Crippen LogP contribution in [-0.2, 0) is 11.3 Å². The fourth-order valence-electron chi connectivity index (χ4n) is 1.93. The van der Waals surface area contributed by atoms with Crippen molar-refractivity contribution < 1.29 is 9.53 Å². The van der Waals surface area contributed by atoms with Crippen molar-refractivity contribution in [1.29, 1.82) is 0 Å². The third-order valence-corrected chi connectivity index (χ3v) is 3.26. The molecule has 1 amide bonds. The van der Waals surface area contributed by atoms with E-state index in [1.807, 2.05) is 12.1 Å². The minimum atomic E-state index is -0.405. The van der Waals surface area contributed by atoms with E-state index in [2.05, 4.69) is 26.4 Å². The molecular weight excluding hydrogens is 268 g/mol. The number of nitrogens with zero attached hydrogens (tertiary/aromatic N) is 3. The van der Waals surface area contributed by atoms with Gasteiger partial charge in [-0.2, -0.15) is 10.2 Å². The lowest BCUT2D eigenvalue weighted by molar-refractivity contribution is -0.121. The van der Waals surface area contributed by atoms with Gasteiger partial charge in [0.05, 0.1) is 19.3 Å². The first-order valence-corrected chi connectivity index (χ1v) is 6.81. The van der Waals surface area contributed by atoms with Crippen LogP contribution in [0.3, 0.4) is 0 Å². The van der Waals surface area contributed by atoms with E-state index in [1.165, 1.54) is 0 Å². The SMILES string of the molecule is C#CCCC1(CCC(=O)NCc2cccc(OC)n2)N=N1. The van der Waals surface area contributed by atoms with E-state index in [0.29, 0.717) is 38.1 Å². The molecule has 0 fully saturated rings. The van der Waals surface area contributed by atoms with Crippen LogP contribution < -0.4 is 10.1 Å². The molecule has 2 heterocycles. The maximum Gasteiger partial charge on any atom is 0.220 e. The summed E-state index contributed by atoms with van der Waals surface area (Å²) in [6.45, 7) is 0.377. The van der Waals surface area contributed by atoms with Crippen LogP contribution in [0, 0.1) is 12.3 Å². The smallest absolute Gasteiger partial charge is 0.220 e. The quantitative estimate of drug-likeness (QED) is 0.743.